The van der Waals surface area contributed by atoms with Crippen molar-refractivity contribution in [2.75, 3.05) is 38.2 Å². The molecule has 5 nitrogen and oxygen atoms in total. The summed E-state index contributed by atoms with van der Waals surface area (Å²) in [4.78, 5) is 6.40. The van der Waals surface area contributed by atoms with Crippen LogP contribution in [0.25, 0.3) is 0 Å². The highest BCUT2D eigenvalue weighted by Crippen LogP contribution is 2.12. The maximum Gasteiger partial charge on any atom is 0.163 e. The van der Waals surface area contributed by atoms with Gasteiger partial charge < -0.3 is 10.1 Å². The Bertz CT molecular complexity index is 423. The second-order valence-corrected chi connectivity index (χ2v) is 4.47. The Morgan fingerprint density at radius 3 is 3.06 bits per heavy atom. The van der Waals surface area contributed by atoms with Crippen LogP contribution in [0.4, 0.5) is 5.69 Å². The maximum atomic E-state index is 8.97. The molecule has 2 rings (SSSR count). The van der Waals surface area contributed by atoms with E-state index in [4.69, 9.17) is 10.00 Å². The average Bonchev–Trinajstić information content (AvgIpc) is 2.40. The molecule has 18 heavy (non-hydrogen) atoms. The van der Waals surface area contributed by atoms with Crippen LogP contribution in [0.3, 0.4) is 0 Å². The third-order valence-electron chi connectivity index (χ3n) is 2.95. The van der Waals surface area contributed by atoms with E-state index >= 15 is 0 Å². The molecule has 1 unspecified atom stereocenters. The number of anilines is 1. The van der Waals surface area contributed by atoms with E-state index in [1.165, 1.54) is 0 Å². The molecule has 1 aliphatic heterocycles. The van der Waals surface area contributed by atoms with Crippen molar-refractivity contribution in [1.82, 2.24) is 9.88 Å². The van der Waals surface area contributed by atoms with E-state index < -0.39 is 0 Å². The van der Waals surface area contributed by atoms with Gasteiger partial charge in [-0.05, 0) is 19.1 Å². The van der Waals surface area contributed by atoms with Crippen LogP contribution in [0, 0.1) is 11.3 Å². The molecule has 0 bridgehead atoms. The van der Waals surface area contributed by atoms with Gasteiger partial charge in [-0.15, -0.1) is 0 Å². The van der Waals surface area contributed by atoms with Crippen LogP contribution in [-0.4, -0.2) is 48.8 Å². The van der Waals surface area contributed by atoms with Crippen molar-refractivity contribution in [1.29, 1.82) is 5.26 Å². The smallest absolute Gasteiger partial charge is 0.163 e. The average molecular weight is 246 g/mol. The first-order chi connectivity index (χ1) is 8.79. The highest BCUT2D eigenvalue weighted by molar-refractivity contribution is 5.53. The van der Waals surface area contributed by atoms with Crippen LogP contribution in [0.1, 0.15) is 12.6 Å². The fraction of sp³-hybridized carbons (Fsp3) is 0.538. The summed E-state index contributed by atoms with van der Waals surface area (Å²) in [5.41, 5.74) is 1.26. The molecule has 1 saturated heterocycles. The zero-order chi connectivity index (χ0) is 12.8. The molecule has 1 aromatic heterocycles. The number of rotatable bonds is 4. The first kappa shape index (κ1) is 12.8. The van der Waals surface area contributed by atoms with Gasteiger partial charge in [-0.2, -0.15) is 5.26 Å². The van der Waals surface area contributed by atoms with Gasteiger partial charge in [0.1, 0.15) is 6.07 Å². The number of nitrogens with zero attached hydrogens (tertiary/aromatic N) is 3. The van der Waals surface area contributed by atoms with Crippen molar-refractivity contribution in [3.8, 4) is 6.07 Å². The van der Waals surface area contributed by atoms with E-state index in [9.17, 15) is 0 Å². The quantitative estimate of drug-likeness (QED) is 0.861. The van der Waals surface area contributed by atoms with Gasteiger partial charge in [0.25, 0.3) is 0 Å². The van der Waals surface area contributed by atoms with Gasteiger partial charge in [0.05, 0.1) is 18.9 Å². The van der Waals surface area contributed by atoms with Crippen LogP contribution in [0.5, 0.6) is 0 Å². The minimum atomic E-state index is 0.277. The first-order valence-electron chi connectivity index (χ1n) is 6.21. The molecular weight excluding hydrogens is 228 g/mol. The summed E-state index contributed by atoms with van der Waals surface area (Å²) in [6.07, 6.45) is 1.64. The van der Waals surface area contributed by atoms with Gasteiger partial charge in [-0.1, -0.05) is 0 Å². The lowest BCUT2D eigenvalue weighted by Gasteiger charge is -2.29. The van der Waals surface area contributed by atoms with E-state index in [0.717, 1.165) is 38.5 Å². The molecule has 1 aromatic rings. The van der Waals surface area contributed by atoms with E-state index in [2.05, 4.69) is 28.2 Å². The maximum absolute atomic E-state index is 8.97. The van der Waals surface area contributed by atoms with E-state index in [-0.39, 0.29) is 6.04 Å². The molecule has 0 spiro atoms. The number of ether oxygens (including phenoxy) is 1. The largest absolute Gasteiger partial charge is 0.379 e. The van der Waals surface area contributed by atoms with Crippen molar-refractivity contribution in [2.45, 2.75) is 13.0 Å². The number of nitrogens with one attached hydrogen (secondary N) is 1. The Hall–Kier alpha value is -1.64. The fourth-order valence-corrected chi connectivity index (χ4v) is 2.09. The summed E-state index contributed by atoms with van der Waals surface area (Å²) in [6, 6.07) is 6.10. The van der Waals surface area contributed by atoms with Gasteiger partial charge in [0.15, 0.2) is 5.69 Å². The molecule has 2 heterocycles. The zero-order valence-electron chi connectivity index (χ0n) is 10.6. The van der Waals surface area contributed by atoms with Crippen molar-refractivity contribution in [3.63, 3.8) is 0 Å². The second kappa shape index (κ2) is 6.34. The molecule has 1 aliphatic rings. The van der Waals surface area contributed by atoms with Gasteiger partial charge in [0.2, 0.25) is 0 Å². The Balaban J connectivity index is 1.90. The first-order valence-corrected chi connectivity index (χ1v) is 6.21. The molecular formula is C13H18N4O. The lowest BCUT2D eigenvalue weighted by Crippen LogP contribution is -2.42. The van der Waals surface area contributed by atoms with Crippen LogP contribution in [0.2, 0.25) is 0 Å². The van der Waals surface area contributed by atoms with Crippen LogP contribution >= 0.6 is 0 Å². The number of hydrogen-bond donors (Lipinski definition) is 1. The minimum Gasteiger partial charge on any atom is -0.379 e. The van der Waals surface area contributed by atoms with Crippen molar-refractivity contribution in [2.24, 2.45) is 0 Å². The summed E-state index contributed by atoms with van der Waals surface area (Å²) < 4.78 is 5.32. The summed E-state index contributed by atoms with van der Waals surface area (Å²) >= 11 is 0. The summed E-state index contributed by atoms with van der Waals surface area (Å²) in [5, 5.41) is 12.3. The lowest BCUT2D eigenvalue weighted by molar-refractivity contribution is 0.0368. The number of hydrogen-bond acceptors (Lipinski definition) is 5. The van der Waals surface area contributed by atoms with Crippen molar-refractivity contribution in [3.05, 3.63) is 24.0 Å². The molecule has 0 saturated carbocycles. The summed E-state index contributed by atoms with van der Waals surface area (Å²) in [5.74, 6) is 0. The second-order valence-electron chi connectivity index (χ2n) is 4.47. The van der Waals surface area contributed by atoms with Gasteiger partial charge in [-0.25, -0.2) is 4.98 Å². The van der Waals surface area contributed by atoms with Gasteiger partial charge in [-0.3, -0.25) is 4.90 Å². The lowest BCUT2D eigenvalue weighted by atomic mass is 10.2. The molecule has 1 fully saturated rings. The summed E-state index contributed by atoms with van der Waals surface area (Å²) in [7, 11) is 0. The highest BCUT2D eigenvalue weighted by atomic mass is 16.5. The van der Waals surface area contributed by atoms with Gasteiger partial charge in [0, 0.05) is 31.9 Å². The number of morpholine rings is 1. The third-order valence-corrected chi connectivity index (χ3v) is 2.95. The van der Waals surface area contributed by atoms with Crippen LogP contribution in [-0.2, 0) is 4.74 Å². The third kappa shape index (κ3) is 3.42. The van der Waals surface area contributed by atoms with E-state index in [1.807, 2.05) is 12.1 Å². The molecule has 0 radical (unpaired) electrons. The number of aromatic nitrogens is 1. The number of pyridine rings is 1. The molecule has 1 atom stereocenters. The fourth-order valence-electron chi connectivity index (χ4n) is 2.09. The van der Waals surface area contributed by atoms with E-state index in [1.54, 1.807) is 6.20 Å². The summed E-state index contributed by atoms with van der Waals surface area (Å²) in [6.45, 7) is 6.63. The SMILES string of the molecule is CC(CN1CCOCC1)Nc1cccnc1C#N. The number of nitriles is 1. The Morgan fingerprint density at radius 1 is 1.56 bits per heavy atom. The van der Waals surface area contributed by atoms with Crippen LogP contribution < -0.4 is 5.32 Å². The molecule has 5 heteroatoms. The van der Waals surface area contributed by atoms with Gasteiger partial charge >= 0.3 is 0 Å². The molecule has 96 valence electrons. The molecule has 0 aliphatic carbocycles. The molecule has 0 amide bonds. The predicted molar refractivity (Wildman–Crippen MR) is 69.3 cm³/mol. The van der Waals surface area contributed by atoms with Crippen molar-refractivity contribution >= 4 is 5.69 Å². The zero-order valence-corrected chi connectivity index (χ0v) is 10.6. The monoisotopic (exact) mass is 246 g/mol. The van der Waals surface area contributed by atoms with E-state index in [0.29, 0.717) is 5.69 Å². The highest BCUT2D eigenvalue weighted by Gasteiger charge is 2.14. The predicted octanol–water partition coefficient (Wildman–Crippen LogP) is 1.09. The molecule has 0 aromatic carbocycles. The molecule has 1 N–H and O–H groups in total. The Morgan fingerprint density at radius 2 is 2.33 bits per heavy atom. The normalized spacial score (nSPS) is 18.0. The Labute approximate surface area is 107 Å². The Kier molecular flexibility index (Phi) is 4.51. The van der Waals surface area contributed by atoms with Crippen LogP contribution in [0.15, 0.2) is 18.3 Å². The van der Waals surface area contributed by atoms with Crippen molar-refractivity contribution < 1.29 is 4.74 Å². The standard InChI is InChI=1S/C13H18N4O/c1-11(10-17-5-7-18-8-6-17)16-12-3-2-4-15-13(12)9-14/h2-4,11,16H,5-8,10H2,1H3. The topological polar surface area (TPSA) is 61.2 Å². The minimum absolute atomic E-state index is 0.277.